The standard InChI is InChI=1S/C16H24N2S.ClH/c1-2-19-15-5-3-4-14(10-15)11-18-9-7-16(13-18)6-8-17-12-16;/h3-5,10,17H,2,6-9,11-13H2,1H3;1H. The average molecular weight is 313 g/mol. The third-order valence-electron chi connectivity index (χ3n) is 4.47. The number of thioether (sulfide) groups is 1. The van der Waals surface area contributed by atoms with Gasteiger partial charge in [0.05, 0.1) is 0 Å². The molecule has 2 fully saturated rings. The number of hydrogen-bond acceptors (Lipinski definition) is 3. The molecule has 2 heterocycles. The minimum absolute atomic E-state index is 0. The van der Waals surface area contributed by atoms with E-state index in [9.17, 15) is 0 Å². The minimum atomic E-state index is 0. The van der Waals surface area contributed by atoms with Crippen LogP contribution in [0.2, 0.25) is 0 Å². The van der Waals surface area contributed by atoms with Gasteiger partial charge in [-0.3, -0.25) is 4.90 Å². The van der Waals surface area contributed by atoms with Crippen molar-refractivity contribution in [2.45, 2.75) is 31.2 Å². The third-order valence-corrected chi connectivity index (χ3v) is 5.34. The van der Waals surface area contributed by atoms with Crippen LogP contribution >= 0.6 is 24.2 Å². The molecule has 1 spiro atoms. The summed E-state index contributed by atoms with van der Waals surface area (Å²) in [6, 6.07) is 9.07. The van der Waals surface area contributed by atoms with Gasteiger partial charge >= 0.3 is 0 Å². The lowest BCUT2D eigenvalue weighted by molar-refractivity contribution is 0.268. The second kappa shape index (κ2) is 7.17. The van der Waals surface area contributed by atoms with Crippen LogP contribution in [0.3, 0.4) is 0 Å². The molecule has 1 N–H and O–H groups in total. The number of nitrogens with zero attached hydrogens (tertiary/aromatic N) is 1. The molecule has 2 aliphatic rings. The summed E-state index contributed by atoms with van der Waals surface area (Å²) >= 11 is 1.94. The molecule has 2 saturated heterocycles. The number of nitrogens with one attached hydrogen (secondary N) is 1. The fraction of sp³-hybridized carbons (Fsp3) is 0.625. The molecule has 112 valence electrons. The smallest absolute Gasteiger partial charge is 0.0234 e. The number of rotatable bonds is 4. The van der Waals surface area contributed by atoms with Crippen LogP contribution in [0.25, 0.3) is 0 Å². The number of halogens is 1. The zero-order valence-electron chi connectivity index (χ0n) is 12.2. The van der Waals surface area contributed by atoms with Crippen LogP contribution in [-0.2, 0) is 6.54 Å². The molecule has 2 aliphatic heterocycles. The van der Waals surface area contributed by atoms with Crippen molar-refractivity contribution >= 4 is 24.2 Å². The first kappa shape index (κ1) is 16.2. The van der Waals surface area contributed by atoms with Crippen molar-refractivity contribution < 1.29 is 0 Å². The fourth-order valence-electron chi connectivity index (χ4n) is 3.47. The molecule has 0 saturated carbocycles. The predicted molar refractivity (Wildman–Crippen MR) is 89.9 cm³/mol. The van der Waals surface area contributed by atoms with Crippen molar-refractivity contribution in [2.24, 2.45) is 5.41 Å². The summed E-state index contributed by atoms with van der Waals surface area (Å²) in [6.45, 7) is 8.35. The summed E-state index contributed by atoms with van der Waals surface area (Å²) in [4.78, 5) is 4.05. The highest BCUT2D eigenvalue weighted by Gasteiger charge is 2.39. The van der Waals surface area contributed by atoms with E-state index in [1.807, 2.05) is 11.8 Å². The first-order chi connectivity index (χ1) is 9.30. The summed E-state index contributed by atoms with van der Waals surface area (Å²) in [5, 5.41) is 3.54. The van der Waals surface area contributed by atoms with Gasteiger partial charge in [0.25, 0.3) is 0 Å². The van der Waals surface area contributed by atoms with Gasteiger partial charge in [-0.05, 0) is 54.8 Å². The zero-order chi connectivity index (χ0) is 13.1. The average Bonchev–Trinajstić information content (AvgIpc) is 3.02. The molecular weight excluding hydrogens is 288 g/mol. The van der Waals surface area contributed by atoms with E-state index in [4.69, 9.17) is 0 Å². The SMILES string of the molecule is CCSc1cccc(CN2CCC3(CCNC3)C2)c1.Cl. The maximum atomic E-state index is 3.54. The van der Waals surface area contributed by atoms with Crippen molar-refractivity contribution in [3.8, 4) is 0 Å². The van der Waals surface area contributed by atoms with Crippen LogP contribution in [0.4, 0.5) is 0 Å². The summed E-state index contributed by atoms with van der Waals surface area (Å²) in [7, 11) is 0. The van der Waals surface area contributed by atoms with Crippen molar-refractivity contribution in [3.63, 3.8) is 0 Å². The van der Waals surface area contributed by atoms with Crippen LogP contribution in [0, 0.1) is 5.41 Å². The van der Waals surface area contributed by atoms with Crippen molar-refractivity contribution in [3.05, 3.63) is 29.8 Å². The van der Waals surface area contributed by atoms with E-state index in [0.29, 0.717) is 5.41 Å². The van der Waals surface area contributed by atoms with Gasteiger partial charge in [-0.15, -0.1) is 24.2 Å². The Morgan fingerprint density at radius 2 is 2.25 bits per heavy atom. The number of hydrogen-bond donors (Lipinski definition) is 1. The number of benzene rings is 1. The summed E-state index contributed by atoms with van der Waals surface area (Å²) < 4.78 is 0. The van der Waals surface area contributed by atoms with E-state index in [-0.39, 0.29) is 12.4 Å². The van der Waals surface area contributed by atoms with E-state index < -0.39 is 0 Å². The van der Waals surface area contributed by atoms with E-state index in [1.54, 1.807) is 0 Å². The molecule has 1 aromatic carbocycles. The van der Waals surface area contributed by atoms with Gasteiger partial charge in [0.2, 0.25) is 0 Å². The zero-order valence-corrected chi connectivity index (χ0v) is 13.9. The predicted octanol–water partition coefficient (Wildman–Crippen LogP) is 3.41. The maximum absolute atomic E-state index is 3.54. The molecule has 1 unspecified atom stereocenters. The Kier molecular flexibility index (Phi) is 5.79. The van der Waals surface area contributed by atoms with Gasteiger partial charge in [-0.1, -0.05) is 19.1 Å². The van der Waals surface area contributed by atoms with Gasteiger partial charge in [-0.2, -0.15) is 0 Å². The Morgan fingerprint density at radius 1 is 1.35 bits per heavy atom. The van der Waals surface area contributed by atoms with E-state index in [1.165, 1.54) is 49.5 Å². The molecule has 0 aromatic heterocycles. The molecule has 0 radical (unpaired) electrons. The molecule has 1 atom stereocenters. The molecule has 0 bridgehead atoms. The van der Waals surface area contributed by atoms with E-state index >= 15 is 0 Å². The molecule has 0 amide bonds. The van der Waals surface area contributed by atoms with Gasteiger partial charge in [0.1, 0.15) is 0 Å². The molecule has 20 heavy (non-hydrogen) atoms. The van der Waals surface area contributed by atoms with Crippen molar-refractivity contribution in [1.82, 2.24) is 10.2 Å². The molecule has 4 heteroatoms. The first-order valence-electron chi connectivity index (χ1n) is 7.44. The molecule has 3 rings (SSSR count). The van der Waals surface area contributed by atoms with Crippen LogP contribution in [-0.4, -0.2) is 36.8 Å². The Bertz CT molecular complexity index is 432. The lowest BCUT2D eigenvalue weighted by atomic mass is 9.87. The summed E-state index contributed by atoms with van der Waals surface area (Å²) in [5.41, 5.74) is 2.07. The van der Waals surface area contributed by atoms with Gasteiger partial charge in [0.15, 0.2) is 0 Å². The second-order valence-corrected chi connectivity index (χ2v) is 7.31. The van der Waals surface area contributed by atoms with Gasteiger partial charge < -0.3 is 5.32 Å². The highest BCUT2D eigenvalue weighted by molar-refractivity contribution is 7.99. The van der Waals surface area contributed by atoms with Gasteiger partial charge in [0, 0.05) is 24.5 Å². The topological polar surface area (TPSA) is 15.3 Å². The lowest BCUT2D eigenvalue weighted by Gasteiger charge is -2.23. The summed E-state index contributed by atoms with van der Waals surface area (Å²) in [6.07, 6.45) is 2.75. The Balaban J connectivity index is 0.00000147. The highest BCUT2D eigenvalue weighted by atomic mass is 35.5. The maximum Gasteiger partial charge on any atom is 0.0234 e. The largest absolute Gasteiger partial charge is 0.316 e. The van der Waals surface area contributed by atoms with Gasteiger partial charge in [-0.25, -0.2) is 0 Å². The van der Waals surface area contributed by atoms with Crippen LogP contribution in [0.15, 0.2) is 29.2 Å². The molecule has 2 nitrogen and oxygen atoms in total. The van der Waals surface area contributed by atoms with Crippen LogP contribution < -0.4 is 5.32 Å². The molecule has 0 aliphatic carbocycles. The van der Waals surface area contributed by atoms with Crippen LogP contribution in [0.5, 0.6) is 0 Å². The molecular formula is C16H25ClN2S. The first-order valence-corrected chi connectivity index (χ1v) is 8.43. The Morgan fingerprint density at radius 3 is 3.00 bits per heavy atom. The lowest BCUT2D eigenvalue weighted by Crippen LogP contribution is -2.28. The third kappa shape index (κ3) is 3.70. The monoisotopic (exact) mass is 312 g/mol. The minimum Gasteiger partial charge on any atom is -0.316 e. The molecule has 1 aromatic rings. The van der Waals surface area contributed by atoms with Crippen molar-refractivity contribution in [1.29, 1.82) is 0 Å². The Labute approximate surface area is 133 Å². The number of likely N-dealkylation sites (tertiary alicyclic amines) is 1. The second-order valence-electron chi connectivity index (χ2n) is 5.97. The fourth-order valence-corrected chi connectivity index (χ4v) is 4.21. The van der Waals surface area contributed by atoms with E-state index in [0.717, 1.165) is 12.3 Å². The normalized spacial score (nSPS) is 26.1. The summed E-state index contributed by atoms with van der Waals surface area (Å²) in [5.74, 6) is 1.15. The van der Waals surface area contributed by atoms with Crippen molar-refractivity contribution in [2.75, 3.05) is 31.9 Å². The van der Waals surface area contributed by atoms with E-state index in [2.05, 4.69) is 41.4 Å². The highest BCUT2D eigenvalue weighted by Crippen LogP contribution is 2.36. The quantitative estimate of drug-likeness (QED) is 0.858. The van der Waals surface area contributed by atoms with Crippen LogP contribution in [0.1, 0.15) is 25.3 Å². The Hall–Kier alpha value is -0.220.